The van der Waals surface area contributed by atoms with Crippen molar-refractivity contribution in [2.75, 3.05) is 51.1 Å². The highest BCUT2D eigenvalue weighted by molar-refractivity contribution is 5.51. The van der Waals surface area contributed by atoms with Crippen molar-refractivity contribution in [2.24, 2.45) is 0 Å². The van der Waals surface area contributed by atoms with Gasteiger partial charge in [0.15, 0.2) is 23.0 Å². The number of nitrogens with zero attached hydrogens (tertiary/aromatic N) is 5. The fraction of sp³-hybridized carbons (Fsp3) is 0.478. The number of fused-ring (bicyclic) bond motifs is 2. The van der Waals surface area contributed by atoms with Crippen molar-refractivity contribution in [3.63, 3.8) is 0 Å². The molecule has 8 heteroatoms. The number of pyridine rings is 1. The van der Waals surface area contributed by atoms with Gasteiger partial charge in [0.25, 0.3) is 0 Å². The smallest absolute Gasteiger partial charge is 0.231 e. The van der Waals surface area contributed by atoms with Crippen LogP contribution in [0.15, 0.2) is 36.5 Å². The largest absolute Gasteiger partial charge is 0.454 e. The van der Waals surface area contributed by atoms with E-state index in [0.29, 0.717) is 12.7 Å². The molecule has 1 aromatic carbocycles. The van der Waals surface area contributed by atoms with Gasteiger partial charge < -0.3 is 19.1 Å². The average molecular weight is 422 g/mol. The van der Waals surface area contributed by atoms with E-state index in [1.165, 1.54) is 11.3 Å². The van der Waals surface area contributed by atoms with Gasteiger partial charge in [-0.1, -0.05) is 6.07 Å². The van der Waals surface area contributed by atoms with E-state index in [1.54, 1.807) is 0 Å². The minimum Gasteiger partial charge on any atom is -0.454 e. The number of likely N-dealkylation sites (tertiary alicyclic amines) is 1. The molecule has 31 heavy (non-hydrogen) atoms. The lowest BCUT2D eigenvalue weighted by atomic mass is 9.97. The van der Waals surface area contributed by atoms with Gasteiger partial charge in [-0.05, 0) is 49.2 Å². The third-order valence-electron chi connectivity index (χ3n) is 6.42. The molecule has 0 N–H and O–H groups in total. The minimum absolute atomic E-state index is 0.317. The van der Waals surface area contributed by atoms with Gasteiger partial charge in [-0.15, -0.1) is 0 Å². The summed E-state index contributed by atoms with van der Waals surface area (Å²) >= 11 is 0. The van der Waals surface area contributed by atoms with Crippen molar-refractivity contribution in [3.05, 3.63) is 47.9 Å². The van der Waals surface area contributed by atoms with Crippen LogP contribution < -0.4 is 14.4 Å². The molecule has 0 radical (unpaired) electrons. The van der Waals surface area contributed by atoms with Crippen molar-refractivity contribution in [1.29, 1.82) is 0 Å². The predicted octanol–water partition coefficient (Wildman–Crippen LogP) is 2.67. The Balaban J connectivity index is 1.17. The van der Waals surface area contributed by atoms with Crippen LogP contribution >= 0.6 is 0 Å². The van der Waals surface area contributed by atoms with Crippen molar-refractivity contribution in [3.8, 4) is 11.5 Å². The van der Waals surface area contributed by atoms with Gasteiger partial charge in [0, 0.05) is 32.1 Å². The van der Waals surface area contributed by atoms with E-state index in [1.807, 2.05) is 10.6 Å². The zero-order valence-corrected chi connectivity index (χ0v) is 17.6. The number of rotatable bonds is 4. The normalized spacial score (nSPS) is 21.7. The highest BCUT2D eigenvalue weighted by atomic mass is 16.7. The summed E-state index contributed by atoms with van der Waals surface area (Å²) in [5, 5.41) is 4.87. The van der Waals surface area contributed by atoms with Gasteiger partial charge >= 0.3 is 0 Å². The first kappa shape index (κ1) is 18.9. The second kappa shape index (κ2) is 8.01. The van der Waals surface area contributed by atoms with E-state index in [-0.39, 0.29) is 0 Å². The lowest BCUT2D eigenvalue weighted by Crippen LogP contribution is -2.36. The third-order valence-corrected chi connectivity index (χ3v) is 6.42. The van der Waals surface area contributed by atoms with E-state index in [0.717, 1.165) is 81.7 Å². The first-order valence-corrected chi connectivity index (χ1v) is 11.1. The molecule has 2 fully saturated rings. The zero-order chi connectivity index (χ0) is 20.6. The van der Waals surface area contributed by atoms with Crippen molar-refractivity contribution < 1.29 is 14.2 Å². The summed E-state index contributed by atoms with van der Waals surface area (Å²) in [5.41, 5.74) is 3.35. The fourth-order valence-electron chi connectivity index (χ4n) is 4.78. The molecule has 3 aliphatic heterocycles. The van der Waals surface area contributed by atoms with Gasteiger partial charge in [0.05, 0.1) is 25.1 Å². The first-order chi connectivity index (χ1) is 15.3. The van der Waals surface area contributed by atoms with Gasteiger partial charge in [0.2, 0.25) is 6.79 Å². The van der Waals surface area contributed by atoms with Crippen LogP contribution in [0.25, 0.3) is 5.65 Å². The number of ether oxygens (including phenoxy) is 3. The van der Waals surface area contributed by atoms with E-state index in [4.69, 9.17) is 24.3 Å². The van der Waals surface area contributed by atoms with Gasteiger partial charge in [0.1, 0.15) is 0 Å². The summed E-state index contributed by atoms with van der Waals surface area (Å²) in [7, 11) is 0. The van der Waals surface area contributed by atoms with Crippen LogP contribution in [-0.4, -0.2) is 65.7 Å². The minimum atomic E-state index is 0.317. The molecule has 0 spiro atoms. The number of morpholine rings is 1. The van der Waals surface area contributed by atoms with Gasteiger partial charge in [-0.25, -0.2) is 9.50 Å². The molecule has 6 rings (SSSR count). The summed E-state index contributed by atoms with van der Waals surface area (Å²) in [5.74, 6) is 3.00. The Hall–Kier alpha value is -2.84. The zero-order valence-electron chi connectivity index (χ0n) is 17.6. The maximum Gasteiger partial charge on any atom is 0.231 e. The van der Waals surface area contributed by atoms with Gasteiger partial charge in [-0.2, -0.15) is 5.10 Å². The molecule has 2 aromatic heterocycles. The summed E-state index contributed by atoms with van der Waals surface area (Å²) in [6.45, 7) is 6.69. The number of hydrogen-bond acceptors (Lipinski definition) is 7. The molecule has 162 valence electrons. The van der Waals surface area contributed by atoms with Crippen molar-refractivity contribution >= 4 is 11.3 Å². The molecule has 0 unspecified atom stereocenters. The summed E-state index contributed by atoms with van der Waals surface area (Å²) in [6.07, 6.45) is 4.39. The number of benzene rings is 1. The predicted molar refractivity (Wildman–Crippen MR) is 116 cm³/mol. The maximum absolute atomic E-state index is 5.53. The second-order valence-corrected chi connectivity index (χ2v) is 8.52. The van der Waals surface area contributed by atoms with E-state index < -0.39 is 0 Å². The van der Waals surface area contributed by atoms with Crippen LogP contribution in [0.5, 0.6) is 11.5 Å². The number of aromatic nitrogens is 3. The maximum atomic E-state index is 5.53. The van der Waals surface area contributed by atoms with Crippen LogP contribution in [0.2, 0.25) is 0 Å². The molecule has 2 saturated heterocycles. The van der Waals surface area contributed by atoms with Crippen LogP contribution in [0.3, 0.4) is 0 Å². The van der Waals surface area contributed by atoms with Gasteiger partial charge in [-0.3, -0.25) is 4.90 Å². The molecule has 3 aromatic rings. The molecule has 0 amide bonds. The third kappa shape index (κ3) is 3.81. The number of hydrogen-bond donors (Lipinski definition) is 0. The lowest BCUT2D eigenvalue weighted by Gasteiger charge is -2.31. The molecule has 0 bridgehead atoms. The molecular formula is C23H27N5O3. The first-order valence-electron chi connectivity index (χ1n) is 11.1. The van der Waals surface area contributed by atoms with Crippen LogP contribution in [0.4, 0.5) is 5.69 Å². The Morgan fingerprint density at radius 2 is 1.90 bits per heavy atom. The topological polar surface area (TPSA) is 64.4 Å². The molecule has 0 saturated carbocycles. The summed E-state index contributed by atoms with van der Waals surface area (Å²) in [4.78, 5) is 9.70. The second-order valence-electron chi connectivity index (χ2n) is 8.52. The van der Waals surface area contributed by atoms with E-state index in [2.05, 4.69) is 40.3 Å². The van der Waals surface area contributed by atoms with Crippen molar-refractivity contribution in [1.82, 2.24) is 19.5 Å². The summed E-state index contributed by atoms with van der Waals surface area (Å²) < 4.78 is 18.4. The Morgan fingerprint density at radius 3 is 2.84 bits per heavy atom. The Bertz CT molecular complexity index is 1080. The molecule has 1 atom stereocenters. The highest BCUT2D eigenvalue weighted by Crippen LogP contribution is 2.33. The number of piperidine rings is 1. The molecule has 5 heterocycles. The van der Waals surface area contributed by atoms with E-state index >= 15 is 0 Å². The SMILES string of the molecule is c1cc2c(cc1CN1CCC[C@H](c3nc4ccc(N5CCOCC5)cn4n3)C1)OCO2. The standard InChI is InChI=1S/C23H27N5O3/c1-2-18(14-26(7-1)13-17-3-5-20-21(12-17)31-16-30-20)23-24-22-6-4-19(15-28(22)25-23)27-8-10-29-11-9-27/h3-6,12,15,18H,1-2,7-11,13-14,16H2/t18-/m0/s1. The fourth-order valence-corrected chi connectivity index (χ4v) is 4.78. The molecule has 8 nitrogen and oxygen atoms in total. The van der Waals surface area contributed by atoms with E-state index in [9.17, 15) is 0 Å². The Morgan fingerprint density at radius 1 is 1.00 bits per heavy atom. The number of anilines is 1. The highest BCUT2D eigenvalue weighted by Gasteiger charge is 2.25. The quantitative estimate of drug-likeness (QED) is 0.642. The Labute approximate surface area is 181 Å². The van der Waals surface area contributed by atoms with Crippen LogP contribution in [-0.2, 0) is 11.3 Å². The van der Waals surface area contributed by atoms with Crippen LogP contribution in [0.1, 0.15) is 30.1 Å². The molecule has 0 aliphatic carbocycles. The van der Waals surface area contributed by atoms with Crippen molar-refractivity contribution in [2.45, 2.75) is 25.3 Å². The molecular weight excluding hydrogens is 394 g/mol. The lowest BCUT2D eigenvalue weighted by molar-refractivity contribution is 0.122. The average Bonchev–Trinajstić information content (AvgIpc) is 3.46. The Kier molecular flexibility index (Phi) is 4.88. The monoisotopic (exact) mass is 421 g/mol. The summed E-state index contributed by atoms with van der Waals surface area (Å²) in [6, 6.07) is 10.5. The molecule has 3 aliphatic rings. The van der Waals surface area contributed by atoms with Crippen LogP contribution in [0, 0.1) is 0 Å².